The smallest absolute Gasteiger partial charge is 0.400 e. The third-order valence-electron chi connectivity index (χ3n) is 10.8. The van der Waals surface area contributed by atoms with Crippen LogP contribution in [0.5, 0.6) is 0 Å². The van der Waals surface area contributed by atoms with Gasteiger partial charge in [-0.1, -0.05) is 133 Å². The predicted molar refractivity (Wildman–Crippen MR) is 223 cm³/mol. The van der Waals surface area contributed by atoms with Crippen LogP contribution < -0.4 is 10.7 Å². The Bertz CT molecular complexity index is 2320. The number of carbonyl (C=O) groups excluding carboxylic acids is 5. The molecule has 1 saturated heterocycles. The lowest BCUT2D eigenvalue weighted by Gasteiger charge is -2.49. The van der Waals surface area contributed by atoms with Gasteiger partial charge in [-0.3, -0.25) is 14.4 Å². The minimum atomic E-state index is -1.38. The fraction of sp³-hybridized carbons (Fsp3) is 0.213. The Hall–Kier alpha value is -6.50. The molecule has 7 rings (SSSR count). The third-order valence-corrected chi connectivity index (χ3v) is 12.1. The molecule has 2 unspecified atom stereocenters. The molecule has 59 heavy (non-hydrogen) atoms. The average Bonchev–Trinajstić information content (AvgIpc) is 3.28. The van der Waals surface area contributed by atoms with Gasteiger partial charge in [0.25, 0.3) is 17.5 Å². The fourth-order valence-electron chi connectivity index (χ4n) is 7.82. The number of anilines is 1. The summed E-state index contributed by atoms with van der Waals surface area (Å²) in [6.07, 6.45) is -0.473. The summed E-state index contributed by atoms with van der Waals surface area (Å²) in [5.74, 6) is -2.00. The molecule has 0 aromatic heterocycles. The highest BCUT2D eigenvalue weighted by molar-refractivity contribution is 8.00. The van der Waals surface area contributed by atoms with Crippen LogP contribution in [-0.4, -0.2) is 59.6 Å². The van der Waals surface area contributed by atoms with Crippen molar-refractivity contribution in [1.82, 2.24) is 5.43 Å². The minimum Gasteiger partial charge on any atom is -0.494 e. The Morgan fingerprint density at radius 3 is 1.97 bits per heavy atom. The van der Waals surface area contributed by atoms with Gasteiger partial charge in [-0.2, -0.15) is 5.43 Å². The Kier molecular flexibility index (Phi) is 12.4. The van der Waals surface area contributed by atoms with Crippen LogP contribution in [0.1, 0.15) is 64.4 Å². The van der Waals surface area contributed by atoms with Crippen LogP contribution in [0, 0.1) is 0 Å². The van der Waals surface area contributed by atoms with Crippen molar-refractivity contribution in [3.05, 3.63) is 185 Å². The van der Waals surface area contributed by atoms with E-state index in [1.165, 1.54) is 26.0 Å². The van der Waals surface area contributed by atoms with Crippen molar-refractivity contribution in [2.45, 2.75) is 42.6 Å². The number of ether oxygens (including phenoxy) is 3. The molecule has 5 aromatic rings. The van der Waals surface area contributed by atoms with Gasteiger partial charge in [0, 0.05) is 17.7 Å². The van der Waals surface area contributed by atoms with Crippen molar-refractivity contribution in [2.24, 2.45) is 0 Å². The van der Waals surface area contributed by atoms with E-state index >= 15 is 0 Å². The summed E-state index contributed by atoms with van der Waals surface area (Å²) in [6.45, 7) is 0. The quantitative estimate of drug-likeness (QED) is 0.0622. The summed E-state index contributed by atoms with van der Waals surface area (Å²) in [4.78, 5) is 69.5. The maximum absolute atomic E-state index is 14.4. The van der Waals surface area contributed by atoms with E-state index < -0.39 is 39.3 Å². The van der Waals surface area contributed by atoms with Crippen molar-refractivity contribution in [3.63, 3.8) is 0 Å². The van der Waals surface area contributed by atoms with Crippen LogP contribution in [0.15, 0.2) is 157 Å². The van der Waals surface area contributed by atoms with Gasteiger partial charge in [-0.05, 0) is 59.4 Å². The summed E-state index contributed by atoms with van der Waals surface area (Å²) in [5, 5.41) is 2.45. The van der Waals surface area contributed by atoms with E-state index in [4.69, 9.17) is 14.2 Å². The number of hydrogen-bond acceptors (Lipinski definition) is 9. The van der Waals surface area contributed by atoms with Crippen molar-refractivity contribution in [1.29, 1.82) is 0 Å². The molecule has 3 atom stereocenters. The number of hydrogen-bond donors (Lipinski definition) is 2. The maximum atomic E-state index is 14.4. The molecule has 3 amide bonds. The van der Waals surface area contributed by atoms with Gasteiger partial charge < -0.3 is 19.5 Å². The number of amides is 3. The zero-order chi connectivity index (χ0) is 41.4. The van der Waals surface area contributed by atoms with Crippen LogP contribution in [0.3, 0.4) is 0 Å². The number of β-lactam (4-membered cyclic amide) rings is 1. The first-order valence-corrected chi connectivity index (χ1v) is 20.3. The van der Waals surface area contributed by atoms with Gasteiger partial charge in [0.1, 0.15) is 11.8 Å². The highest BCUT2D eigenvalue weighted by atomic mass is 32.2. The summed E-state index contributed by atoms with van der Waals surface area (Å²) in [5.41, 5.74) is 5.06. The molecule has 1 fully saturated rings. The molecule has 2 N–H and O–H groups in total. The Morgan fingerprint density at radius 1 is 0.780 bits per heavy atom. The first-order chi connectivity index (χ1) is 28.7. The molecule has 0 saturated carbocycles. The van der Waals surface area contributed by atoms with Gasteiger partial charge >= 0.3 is 17.8 Å². The van der Waals surface area contributed by atoms with Crippen molar-refractivity contribution in [3.8, 4) is 0 Å². The second-order valence-corrected chi connectivity index (χ2v) is 15.4. The molecule has 11 nitrogen and oxygen atoms in total. The molecule has 2 aliphatic heterocycles. The minimum absolute atomic E-state index is 0.0692. The highest BCUT2D eigenvalue weighted by Crippen LogP contribution is 2.47. The number of nitrogens with zero attached hydrogens (tertiary/aromatic N) is 1. The largest absolute Gasteiger partial charge is 0.494 e. The van der Waals surface area contributed by atoms with Crippen molar-refractivity contribution >= 4 is 47.1 Å². The number of benzene rings is 5. The molecule has 0 radical (unpaired) electrons. The first kappa shape index (κ1) is 40.7. The summed E-state index contributed by atoms with van der Waals surface area (Å²) >= 11 is 1.41. The molecular formula is C47H44N3O8S+. The van der Waals surface area contributed by atoms with Gasteiger partial charge in [0.15, 0.2) is 17.2 Å². The fourth-order valence-corrected chi connectivity index (χ4v) is 9.18. The first-order valence-electron chi connectivity index (χ1n) is 19.3. The van der Waals surface area contributed by atoms with Crippen LogP contribution >= 0.6 is 11.8 Å². The van der Waals surface area contributed by atoms with Crippen LogP contribution in [0.2, 0.25) is 0 Å². The number of fused-ring (bicyclic) bond motifs is 1. The molecule has 300 valence electrons. The second-order valence-electron chi connectivity index (χ2n) is 14.2. The molecule has 12 heteroatoms. The number of esters is 2. The van der Waals surface area contributed by atoms with E-state index in [0.29, 0.717) is 28.1 Å². The number of nitrogens with one attached hydrogen (secondary N) is 2. The summed E-state index contributed by atoms with van der Waals surface area (Å²) in [6, 6.07) is 43.5. The number of thioether (sulfide) groups is 1. The molecular weight excluding hydrogens is 767 g/mol. The second kappa shape index (κ2) is 18.0. The number of quaternary nitrogens is 1. The zero-order valence-corrected chi connectivity index (χ0v) is 33.5. The average molecular weight is 811 g/mol. The van der Waals surface area contributed by atoms with E-state index in [1.807, 2.05) is 97.1 Å². The Balaban J connectivity index is 1.15. The van der Waals surface area contributed by atoms with Gasteiger partial charge in [0.05, 0.1) is 20.0 Å². The third kappa shape index (κ3) is 8.14. The van der Waals surface area contributed by atoms with Crippen LogP contribution in [-0.2, 0) is 38.8 Å². The van der Waals surface area contributed by atoms with E-state index in [9.17, 15) is 24.0 Å². The van der Waals surface area contributed by atoms with Crippen molar-refractivity contribution < 1.29 is 42.8 Å². The number of carbonyl (C=O) groups is 5. The lowest BCUT2D eigenvalue weighted by molar-refractivity contribution is -0.887. The Labute approximate surface area is 346 Å². The molecule has 2 heterocycles. The maximum Gasteiger partial charge on any atom is 0.400 e. The molecule has 0 bridgehead atoms. The molecule has 2 aliphatic rings. The van der Waals surface area contributed by atoms with Crippen LogP contribution in [0.4, 0.5) is 5.69 Å². The predicted octanol–water partition coefficient (Wildman–Crippen LogP) is 7.61. The molecule has 0 aliphatic carbocycles. The van der Waals surface area contributed by atoms with Gasteiger partial charge in [0.2, 0.25) is 0 Å². The van der Waals surface area contributed by atoms with Crippen LogP contribution in [0.25, 0.3) is 0 Å². The normalized spacial score (nSPS) is 18.1. The lowest BCUT2D eigenvalue weighted by atomic mass is 9.71. The van der Waals surface area contributed by atoms with Crippen molar-refractivity contribution in [2.75, 3.05) is 25.3 Å². The van der Waals surface area contributed by atoms with E-state index in [-0.39, 0.29) is 49.0 Å². The summed E-state index contributed by atoms with van der Waals surface area (Å²) in [7, 11) is 2.74. The molecule has 5 aromatic carbocycles. The van der Waals surface area contributed by atoms with E-state index in [0.717, 1.165) is 11.1 Å². The van der Waals surface area contributed by atoms with E-state index in [1.54, 1.807) is 48.5 Å². The Morgan fingerprint density at radius 2 is 1.37 bits per heavy atom. The lowest BCUT2D eigenvalue weighted by Crippen LogP contribution is -2.76. The van der Waals surface area contributed by atoms with Gasteiger partial charge in [-0.25, -0.2) is 9.59 Å². The monoisotopic (exact) mass is 810 g/mol. The topological polar surface area (TPSA) is 137 Å². The molecule has 0 spiro atoms. The number of rotatable bonds is 15. The summed E-state index contributed by atoms with van der Waals surface area (Å²) < 4.78 is 16.7. The standard InChI is InChI=1S/C47H43N3O8S/c1-56-38-31-59-41-30-40(52)50(41,42(38)45(54)58-43(32-17-7-3-8-18-32)33-19-9-4-10-20-33)49-39(51)27-16-28-47(46(55)57-2,35-23-13-6-14-24-35)36-25-15-26-37(29-36)48-44(53)34-21-11-5-12-22-34/h3-15,17-26,29,41,43H,16,27-28,30-31H2,1-2H3,(H-,48,49,51,53)/p+1/t41-,47?,50?/m0/s1. The number of methoxy groups -OCH3 is 2. The highest BCUT2D eigenvalue weighted by Gasteiger charge is 2.66. The van der Waals surface area contributed by atoms with Gasteiger partial charge in [-0.15, -0.1) is 4.59 Å². The SMILES string of the molecule is COC(=O)C(CCCC(=O)N[N+]12C(=O)C[C@@H]1SCC(OC)=C2C(=O)OC(c1ccccc1)c1ccccc1)(c1ccccc1)c1cccc(NC(=O)c2ccccc2)c1. The van der Waals surface area contributed by atoms with E-state index in [2.05, 4.69) is 10.7 Å². The zero-order valence-electron chi connectivity index (χ0n) is 32.7.